The highest BCUT2D eigenvalue weighted by atomic mass is 16.5. The number of nitrogens with one attached hydrogen (secondary N) is 1. The van der Waals surface area contributed by atoms with Crippen molar-refractivity contribution in [3.05, 3.63) is 23.8 Å². The Hall–Kier alpha value is -2.24. The zero-order chi connectivity index (χ0) is 16.1. The number of hydrogen-bond donors (Lipinski definition) is 1. The molecule has 6 nitrogen and oxygen atoms in total. The van der Waals surface area contributed by atoms with Crippen LogP contribution in [0.5, 0.6) is 11.5 Å². The molecule has 1 atom stereocenters. The highest BCUT2D eigenvalue weighted by molar-refractivity contribution is 5.87. The number of carbonyl (C=O) groups excluding carboxylic acids is 2. The summed E-state index contributed by atoms with van der Waals surface area (Å²) >= 11 is 0. The van der Waals surface area contributed by atoms with Gasteiger partial charge in [-0.2, -0.15) is 0 Å². The van der Waals surface area contributed by atoms with Gasteiger partial charge in [-0.15, -0.1) is 0 Å². The second-order valence-corrected chi connectivity index (χ2v) is 5.27. The van der Waals surface area contributed by atoms with Gasteiger partial charge in [0.15, 0.2) is 0 Å². The van der Waals surface area contributed by atoms with Gasteiger partial charge in [-0.1, -0.05) is 0 Å². The number of nitrogens with zero attached hydrogens (tertiary/aromatic N) is 1. The first-order valence-corrected chi connectivity index (χ1v) is 7.32. The van der Waals surface area contributed by atoms with E-state index < -0.39 is 0 Å². The molecule has 0 spiro atoms. The van der Waals surface area contributed by atoms with Crippen LogP contribution in [-0.4, -0.2) is 43.5 Å². The maximum atomic E-state index is 12.3. The molecule has 0 bridgehead atoms. The average molecular weight is 306 g/mol. The Balaban J connectivity index is 2.00. The molecule has 2 amide bonds. The van der Waals surface area contributed by atoms with E-state index in [4.69, 9.17) is 9.47 Å². The standard InChI is InChI=1S/C16H22N2O4/c1-11(19)18-8-4-5-14(18)16(20)17-10-12-6-7-13(21-2)9-15(12)22-3/h6-7,9,14H,4-5,8,10H2,1-3H3,(H,17,20). The molecule has 1 aliphatic heterocycles. The molecule has 1 fully saturated rings. The molecule has 0 aliphatic carbocycles. The molecule has 0 saturated carbocycles. The molecule has 0 aromatic heterocycles. The molecule has 1 aliphatic rings. The van der Waals surface area contributed by atoms with Crippen molar-refractivity contribution in [2.24, 2.45) is 0 Å². The maximum Gasteiger partial charge on any atom is 0.243 e. The van der Waals surface area contributed by atoms with E-state index in [1.807, 2.05) is 12.1 Å². The first kappa shape index (κ1) is 16.1. The van der Waals surface area contributed by atoms with Crippen molar-refractivity contribution in [2.75, 3.05) is 20.8 Å². The van der Waals surface area contributed by atoms with Gasteiger partial charge in [0.2, 0.25) is 11.8 Å². The van der Waals surface area contributed by atoms with Crippen molar-refractivity contribution in [2.45, 2.75) is 32.4 Å². The summed E-state index contributed by atoms with van der Waals surface area (Å²) < 4.78 is 10.5. The van der Waals surface area contributed by atoms with Crippen LogP contribution in [0.1, 0.15) is 25.3 Å². The molecule has 2 rings (SSSR count). The Morgan fingerprint density at radius 1 is 1.32 bits per heavy atom. The van der Waals surface area contributed by atoms with Crippen molar-refractivity contribution < 1.29 is 19.1 Å². The van der Waals surface area contributed by atoms with Gasteiger partial charge in [0, 0.05) is 31.6 Å². The first-order chi connectivity index (χ1) is 10.6. The lowest BCUT2D eigenvalue weighted by Gasteiger charge is -2.22. The normalized spacial score (nSPS) is 17.2. The SMILES string of the molecule is COc1ccc(CNC(=O)C2CCCN2C(C)=O)c(OC)c1. The fourth-order valence-corrected chi connectivity index (χ4v) is 2.71. The molecule has 1 N–H and O–H groups in total. The zero-order valence-electron chi connectivity index (χ0n) is 13.2. The zero-order valence-corrected chi connectivity index (χ0v) is 13.2. The lowest BCUT2D eigenvalue weighted by molar-refractivity contribution is -0.136. The van der Waals surface area contributed by atoms with Gasteiger partial charge in [0.25, 0.3) is 0 Å². The van der Waals surface area contributed by atoms with Crippen LogP contribution >= 0.6 is 0 Å². The summed E-state index contributed by atoms with van der Waals surface area (Å²) in [5.41, 5.74) is 0.865. The van der Waals surface area contributed by atoms with Crippen molar-refractivity contribution >= 4 is 11.8 Å². The lowest BCUT2D eigenvalue weighted by Crippen LogP contribution is -2.44. The molecule has 1 aromatic rings. The predicted octanol–water partition coefficient (Wildman–Crippen LogP) is 1.33. The fraction of sp³-hybridized carbons (Fsp3) is 0.500. The van der Waals surface area contributed by atoms with Crippen LogP contribution in [0.15, 0.2) is 18.2 Å². The van der Waals surface area contributed by atoms with Gasteiger partial charge < -0.3 is 19.7 Å². The predicted molar refractivity (Wildman–Crippen MR) is 81.8 cm³/mol. The molecule has 1 saturated heterocycles. The van der Waals surface area contributed by atoms with Crippen molar-refractivity contribution in [3.8, 4) is 11.5 Å². The molecule has 1 aromatic carbocycles. The summed E-state index contributed by atoms with van der Waals surface area (Å²) in [4.78, 5) is 25.4. The van der Waals surface area contributed by atoms with E-state index in [2.05, 4.69) is 5.32 Å². The van der Waals surface area contributed by atoms with E-state index in [0.29, 0.717) is 31.0 Å². The van der Waals surface area contributed by atoms with E-state index in [-0.39, 0.29) is 17.9 Å². The van der Waals surface area contributed by atoms with Gasteiger partial charge in [0.1, 0.15) is 17.5 Å². The number of methoxy groups -OCH3 is 2. The molecular weight excluding hydrogens is 284 g/mol. The third-order valence-electron chi connectivity index (χ3n) is 3.91. The van der Waals surface area contributed by atoms with Crippen LogP contribution in [-0.2, 0) is 16.1 Å². The molecule has 1 unspecified atom stereocenters. The molecule has 1 heterocycles. The molecule has 0 radical (unpaired) electrons. The van der Waals surface area contributed by atoms with E-state index in [1.54, 1.807) is 25.2 Å². The summed E-state index contributed by atoms with van der Waals surface area (Å²) in [7, 11) is 3.17. The molecular formula is C16H22N2O4. The number of amides is 2. The van der Waals surface area contributed by atoms with Crippen LogP contribution in [0, 0.1) is 0 Å². The third-order valence-corrected chi connectivity index (χ3v) is 3.91. The first-order valence-electron chi connectivity index (χ1n) is 7.32. The topological polar surface area (TPSA) is 67.9 Å². The Morgan fingerprint density at radius 2 is 2.09 bits per heavy atom. The van der Waals surface area contributed by atoms with E-state index in [9.17, 15) is 9.59 Å². The number of likely N-dealkylation sites (tertiary alicyclic amines) is 1. The van der Waals surface area contributed by atoms with Gasteiger partial charge in [0.05, 0.1) is 14.2 Å². The fourth-order valence-electron chi connectivity index (χ4n) is 2.71. The van der Waals surface area contributed by atoms with E-state index in [0.717, 1.165) is 12.0 Å². The molecule has 120 valence electrons. The number of hydrogen-bond acceptors (Lipinski definition) is 4. The average Bonchev–Trinajstić information content (AvgIpc) is 3.02. The van der Waals surface area contributed by atoms with Crippen LogP contribution in [0.3, 0.4) is 0 Å². The minimum absolute atomic E-state index is 0.0559. The number of ether oxygens (including phenoxy) is 2. The highest BCUT2D eigenvalue weighted by Gasteiger charge is 2.32. The second-order valence-electron chi connectivity index (χ2n) is 5.27. The van der Waals surface area contributed by atoms with Crippen LogP contribution in [0.25, 0.3) is 0 Å². The maximum absolute atomic E-state index is 12.3. The monoisotopic (exact) mass is 306 g/mol. The summed E-state index contributed by atoms with van der Waals surface area (Å²) in [5, 5.41) is 2.88. The van der Waals surface area contributed by atoms with Crippen molar-refractivity contribution in [1.29, 1.82) is 0 Å². The lowest BCUT2D eigenvalue weighted by atomic mass is 10.1. The van der Waals surface area contributed by atoms with E-state index in [1.165, 1.54) is 6.92 Å². The quantitative estimate of drug-likeness (QED) is 0.891. The minimum atomic E-state index is -0.359. The van der Waals surface area contributed by atoms with Crippen molar-refractivity contribution in [1.82, 2.24) is 10.2 Å². The molecule has 22 heavy (non-hydrogen) atoms. The minimum Gasteiger partial charge on any atom is -0.497 e. The van der Waals surface area contributed by atoms with Crippen LogP contribution in [0.4, 0.5) is 0 Å². The Morgan fingerprint density at radius 3 is 2.73 bits per heavy atom. The highest BCUT2D eigenvalue weighted by Crippen LogP contribution is 2.24. The van der Waals surface area contributed by atoms with Crippen molar-refractivity contribution in [3.63, 3.8) is 0 Å². The van der Waals surface area contributed by atoms with Gasteiger partial charge in [-0.3, -0.25) is 9.59 Å². The largest absolute Gasteiger partial charge is 0.497 e. The van der Waals surface area contributed by atoms with E-state index >= 15 is 0 Å². The Bertz CT molecular complexity index is 559. The molecule has 6 heteroatoms. The smallest absolute Gasteiger partial charge is 0.243 e. The summed E-state index contributed by atoms with van der Waals surface area (Å²) in [6, 6.07) is 5.09. The Labute approximate surface area is 130 Å². The number of rotatable bonds is 5. The van der Waals surface area contributed by atoms with Crippen LogP contribution in [0.2, 0.25) is 0 Å². The number of benzene rings is 1. The van der Waals surface area contributed by atoms with Gasteiger partial charge >= 0.3 is 0 Å². The van der Waals surface area contributed by atoms with Crippen LogP contribution < -0.4 is 14.8 Å². The summed E-state index contributed by atoms with van der Waals surface area (Å²) in [5.74, 6) is 1.19. The van der Waals surface area contributed by atoms with Gasteiger partial charge in [-0.05, 0) is 25.0 Å². The third kappa shape index (κ3) is 3.50. The summed E-state index contributed by atoms with van der Waals surface area (Å²) in [6.07, 6.45) is 1.58. The van der Waals surface area contributed by atoms with Gasteiger partial charge in [-0.25, -0.2) is 0 Å². The summed E-state index contributed by atoms with van der Waals surface area (Å²) in [6.45, 7) is 2.51. The number of carbonyl (C=O) groups is 2. The second kappa shape index (κ2) is 7.15. The Kier molecular flexibility index (Phi) is 5.25.